The second kappa shape index (κ2) is 7.14. The van der Waals surface area contributed by atoms with Crippen LogP contribution in [0.5, 0.6) is 5.75 Å². The fraction of sp³-hybridized carbons (Fsp3) is 0.136. The van der Waals surface area contributed by atoms with Crippen LogP contribution in [0, 0.1) is 13.8 Å². The molecule has 0 fully saturated rings. The number of hydrogen-bond donors (Lipinski definition) is 0. The van der Waals surface area contributed by atoms with Crippen molar-refractivity contribution in [1.82, 2.24) is 0 Å². The first kappa shape index (κ1) is 16.0. The summed E-state index contributed by atoms with van der Waals surface area (Å²) < 4.78 is 5.83. The zero-order chi connectivity index (χ0) is 16.9. The van der Waals surface area contributed by atoms with Crippen LogP contribution in [-0.4, -0.2) is 6.29 Å². The van der Waals surface area contributed by atoms with Crippen LogP contribution >= 0.6 is 0 Å². The Labute approximate surface area is 142 Å². The summed E-state index contributed by atoms with van der Waals surface area (Å²) in [5.41, 5.74) is 6.75. The van der Waals surface area contributed by atoms with E-state index in [2.05, 4.69) is 56.3 Å². The average Bonchev–Trinajstić information content (AvgIpc) is 2.60. The summed E-state index contributed by atoms with van der Waals surface area (Å²) in [4.78, 5) is 10.8. The molecule has 0 heterocycles. The van der Waals surface area contributed by atoms with Crippen molar-refractivity contribution in [3.8, 4) is 16.9 Å². The Kier molecular flexibility index (Phi) is 4.76. The lowest BCUT2D eigenvalue weighted by molar-refractivity contribution is 0.112. The summed E-state index contributed by atoms with van der Waals surface area (Å²) in [6.07, 6.45) is 0.828. The van der Waals surface area contributed by atoms with Crippen molar-refractivity contribution in [3.63, 3.8) is 0 Å². The highest BCUT2D eigenvalue weighted by molar-refractivity contribution is 5.75. The predicted octanol–water partition coefficient (Wildman–Crippen LogP) is 5.36. The molecule has 0 amide bonds. The minimum atomic E-state index is 0.473. The molecule has 0 spiro atoms. The highest BCUT2D eigenvalue weighted by Gasteiger charge is 2.06. The molecule has 0 N–H and O–H groups in total. The molecule has 0 atom stereocenters. The summed E-state index contributed by atoms with van der Waals surface area (Å²) in [7, 11) is 0. The normalized spacial score (nSPS) is 10.4. The summed E-state index contributed by atoms with van der Waals surface area (Å²) in [5, 5.41) is 0. The number of rotatable bonds is 5. The first-order chi connectivity index (χ1) is 11.7. The SMILES string of the molecule is Cc1cccc(C)c1-c1cccc(COc2cccc(C=O)c2)c1. The zero-order valence-electron chi connectivity index (χ0n) is 14.0. The van der Waals surface area contributed by atoms with E-state index in [1.165, 1.54) is 22.3 Å². The third kappa shape index (κ3) is 3.54. The van der Waals surface area contributed by atoms with Gasteiger partial charge >= 0.3 is 0 Å². The van der Waals surface area contributed by atoms with Gasteiger partial charge in [0.2, 0.25) is 0 Å². The van der Waals surface area contributed by atoms with Gasteiger partial charge in [-0.15, -0.1) is 0 Å². The van der Waals surface area contributed by atoms with E-state index in [4.69, 9.17) is 4.74 Å². The van der Waals surface area contributed by atoms with Gasteiger partial charge in [0.1, 0.15) is 18.6 Å². The van der Waals surface area contributed by atoms with Gasteiger partial charge < -0.3 is 4.74 Å². The number of carbonyl (C=O) groups is 1. The number of aldehydes is 1. The van der Waals surface area contributed by atoms with Crippen molar-refractivity contribution in [2.75, 3.05) is 0 Å². The largest absolute Gasteiger partial charge is 0.489 e. The van der Waals surface area contributed by atoms with Gasteiger partial charge in [0.15, 0.2) is 0 Å². The Morgan fingerprint density at radius 2 is 1.58 bits per heavy atom. The fourth-order valence-electron chi connectivity index (χ4n) is 2.93. The maximum absolute atomic E-state index is 10.8. The zero-order valence-corrected chi connectivity index (χ0v) is 14.0. The molecule has 0 bridgehead atoms. The molecule has 0 saturated heterocycles. The molecule has 3 rings (SSSR count). The maximum Gasteiger partial charge on any atom is 0.150 e. The van der Waals surface area contributed by atoms with Crippen molar-refractivity contribution in [2.24, 2.45) is 0 Å². The van der Waals surface area contributed by atoms with Gasteiger partial charge in [0.05, 0.1) is 0 Å². The molecule has 0 radical (unpaired) electrons. The lowest BCUT2D eigenvalue weighted by Crippen LogP contribution is -1.97. The molecular formula is C22H20O2. The molecule has 2 nitrogen and oxygen atoms in total. The molecule has 120 valence electrons. The fourth-order valence-corrected chi connectivity index (χ4v) is 2.93. The van der Waals surface area contributed by atoms with Crippen LogP contribution in [0.2, 0.25) is 0 Å². The highest BCUT2D eigenvalue weighted by Crippen LogP contribution is 2.28. The highest BCUT2D eigenvalue weighted by atomic mass is 16.5. The number of benzene rings is 3. The smallest absolute Gasteiger partial charge is 0.150 e. The second-order valence-corrected chi connectivity index (χ2v) is 5.95. The van der Waals surface area contributed by atoms with Gasteiger partial charge in [-0.2, -0.15) is 0 Å². The van der Waals surface area contributed by atoms with E-state index in [1.807, 2.05) is 12.1 Å². The molecule has 0 saturated carbocycles. The quantitative estimate of drug-likeness (QED) is 0.592. The average molecular weight is 316 g/mol. The van der Waals surface area contributed by atoms with Crippen LogP contribution in [-0.2, 0) is 6.61 Å². The Balaban J connectivity index is 1.82. The standard InChI is InChI=1S/C22H20O2/c1-16-6-3-7-17(2)22(16)20-10-4-9-19(12-20)15-24-21-11-5-8-18(13-21)14-23/h3-14H,15H2,1-2H3. The van der Waals surface area contributed by atoms with Crippen LogP contribution in [0.25, 0.3) is 11.1 Å². The number of ether oxygens (including phenoxy) is 1. The third-order valence-corrected chi connectivity index (χ3v) is 4.10. The van der Waals surface area contributed by atoms with E-state index < -0.39 is 0 Å². The molecule has 2 heteroatoms. The molecule has 3 aromatic carbocycles. The van der Waals surface area contributed by atoms with E-state index in [-0.39, 0.29) is 0 Å². The van der Waals surface area contributed by atoms with E-state index in [0.29, 0.717) is 17.9 Å². The van der Waals surface area contributed by atoms with Crippen LogP contribution in [0.15, 0.2) is 66.7 Å². The predicted molar refractivity (Wildman–Crippen MR) is 97.5 cm³/mol. The molecule has 0 aliphatic carbocycles. The molecule has 0 aromatic heterocycles. The molecule has 0 aliphatic rings. The minimum Gasteiger partial charge on any atom is -0.489 e. The molecule has 24 heavy (non-hydrogen) atoms. The van der Waals surface area contributed by atoms with Gasteiger partial charge in [0, 0.05) is 5.56 Å². The number of carbonyl (C=O) groups excluding carboxylic acids is 1. The van der Waals surface area contributed by atoms with E-state index in [1.54, 1.807) is 12.1 Å². The first-order valence-electron chi connectivity index (χ1n) is 8.01. The van der Waals surface area contributed by atoms with E-state index in [0.717, 1.165) is 11.8 Å². The van der Waals surface area contributed by atoms with Crippen LogP contribution in [0.1, 0.15) is 27.0 Å². The minimum absolute atomic E-state index is 0.473. The Hall–Kier alpha value is -2.87. The topological polar surface area (TPSA) is 26.3 Å². The molecular weight excluding hydrogens is 296 g/mol. The molecule has 0 unspecified atom stereocenters. The Bertz CT molecular complexity index is 845. The summed E-state index contributed by atoms with van der Waals surface area (Å²) >= 11 is 0. The second-order valence-electron chi connectivity index (χ2n) is 5.95. The van der Waals surface area contributed by atoms with Crippen molar-refractivity contribution < 1.29 is 9.53 Å². The lowest BCUT2D eigenvalue weighted by Gasteiger charge is -2.12. The maximum atomic E-state index is 10.8. The molecule has 0 aliphatic heterocycles. The monoisotopic (exact) mass is 316 g/mol. The van der Waals surface area contributed by atoms with Crippen LogP contribution < -0.4 is 4.74 Å². The van der Waals surface area contributed by atoms with Crippen molar-refractivity contribution >= 4 is 6.29 Å². The number of hydrogen-bond acceptors (Lipinski definition) is 2. The van der Waals surface area contributed by atoms with E-state index >= 15 is 0 Å². The van der Waals surface area contributed by atoms with Crippen molar-refractivity contribution in [1.29, 1.82) is 0 Å². The van der Waals surface area contributed by atoms with E-state index in [9.17, 15) is 4.79 Å². The summed E-state index contributed by atoms with van der Waals surface area (Å²) in [5.74, 6) is 0.706. The van der Waals surface area contributed by atoms with Crippen LogP contribution in [0.4, 0.5) is 0 Å². The first-order valence-corrected chi connectivity index (χ1v) is 8.01. The Morgan fingerprint density at radius 3 is 2.33 bits per heavy atom. The Morgan fingerprint density at radius 1 is 0.875 bits per heavy atom. The van der Waals surface area contributed by atoms with Crippen molar-refractivity contribution in [3.05, 3.63) is 89.0 Å². The summed E-state index contributed by atoms with van der Waals surface area (Å²) in [6.45, 7) is 4.74. The van der Waals surface area contributed by atoms with Gasteiger partial charge in [-0.05, 0) is 59.9 Å². The number of aryl methyl sites for hydroxylation is 2. The lowest BCUT2D eigenvalue weighted by atomic mass is 9.95. The van der Waals surface area contributed by atoms with Crippen molar-refractivity contribution in [2.45, 2.75) is 20.5 Å². The van der Waals surface area contributed by atoms with Gasteiger partial charge in [-0.3, -0.25) is 4.79 Å². The van der Waals surface area contributed by atoms with Gasteiger partial charge in [-0.25, -0.2) is 0 Å². The van der Waals surface area contributed by atoms with Crippen LogP contribution in [0.3, 0.4) is 0 Å². The third-order valence-electron chi connectivity index (χ3n) is 4.10. The molecule has 3 aromatic rings. The van der Waals surface area contributed by atoms with Gasteiger partial charge in [0.25, 0.3) is 0 Å². The van der Waals surface area contributed by atoms with Gasteiger partial charge in [-0.1, -0.05) is 48.5 Å². The summed E-state index contributed by atoms with van der Waals surface area (Å²) in [6, 6.07) is 22.0.